The van der Waals surface area contributed by atoms with Gasteiger partial charge < -0.3 is 10.0 Å². The first kappa shape index (κ1) is 15.5. The summed E-state index contributed by atoms with van der Waals surface area (Å²) in [7, 11) is 2.09. The van der Waals surface area contributed by atoms with E-state index < -0.39 is 6.10 Å². The Balaban J connectivity index is 1.75. The average molecular weight is 310 g/mol. The van der Waals surface area contributed by atoms with Crippen molar-refractivity contribution < 1.29 is 5.11 Å². The highest BCUT2D eigenvalue weighted by Gasteiger charge is 2.11. The van der Waals surface area contributed by atoms with Gasteiger partial charge in [0.15, 0.2) is 0 Å². The van der Waals surface area contributed by atoms with Gasteiger partial charge in [0.1, 0.15) is 0 Å². The van der Waals surface area contributed by atoms with Crippen molar-refractivity contribution in [1.82, 2.24) is 4.90 Å². The van der Waals surface area contributed by atoms with E-state index in [0.717, 1.165) is 25.1 Å². The molecule has 0 fully saturated rings. The van der Waals surface area contributed by atoms with Gasteiger partial charge in [-0.3, -0.25) is 0 Å². The molecule has 0 aliphatic heterocycles. The first-order chi connectivity index (χ1) is 9.66. The van der Waals surface area contributed by atoms with Crippen LogP contribution in [0.1, 0.15) is 23.0 Å². The van der Waals surface area contributed by atoms with Crippen LogP contribution in [-0.2, 0) is 6.42 Å². The lowest BCUT2D eigenvalue weighted by Gasteiger charge is -2.19. The summed E-state index contributed by atoms with van der Waals surface area (Å²) >= 11 is 7.89. The van der Waals surface area contributed by atoms with Crippen molar-refractivity contribution in [3.63, 3.8) is 0 Å². The highest BCUT2D eigenvalue weighted by molar-refractivity contribution is 7.09. The van der Waals surface area contributed by atoms with Gasteiger partial charge in [-0.1, -0.05) is 35.9 Å². The molecule has 0 aliphatic carbocycles. The minimum Gasteiger partial charge on any atom is -0.388 e. The second kappa shape index (κ2) is 7.79. The Bertz CT molecular complexity index is 515. The number of hydrogen-bond acceptors (Lipinski definition) is 3. The molecule has 0 bridgehead atoms. The summed E-state index contributed by atoms with van der Waals surface area (Å²) in [5.41, 5.74) is 0.820. The second-order valence-corrected chi connectivity index (χ2v) is 6.40. The molecule has 1 unspecified atom stereocenters. The maximum absolute atomic E-state index is 10.2. The predicted molar refractivity (Wildman–Crippen MR) is 86.5 cm³/mol. The summed E-state index contributed by atoms with van der Waals surface area (Å²) in [6.07, 6.45) is 1.27. The molecule has 2 aromatic rings. The number of likely N-dealkylation sites (N-methyl/N-ethyl adjacent to an activating group) is 1. The third-order valence-corrected chi connectivity index (χ3v) is 4.65. The maximum atomic E-state index is 10.2. The third-order valence-electron chi connectivity index (χ3n) is 3.37. The molecule has 20 heavy (non-hydrogen) atoms. The van der Waals surface area contributed by atoms with Gasteiger partial charge in [-0.2, -0.15) is 0 Å². The first-order valence-electron chi connectivity index (χ1n) is 6.80. The van der Waals surface area contributed by atoms with Gasteiger partial charge in [0.05, 0.1) is 6.10 Å². The van der Waals surface area contributed by atoms with Crippen molar-refractivity contribution >= 4 is 22.9 Å². The van der Waals surface area contributed by atoms with Crippen molar-refractivity contribution in [1.29, 1.82) is 0 Å². The van der Waals surface area contributed by atoms with Crippen molar-refractivity contribution in [3.05, 3.63) is 57.2 Å². The normalized spacial score (nSPS) is 12.8. The molecule has 0 aliphatic rings. The number of thiophene rings is 1. The average Bonchev–Trinajstić information content (AvgIpc) is 2.96. The lowest BCUT2D eigenvalue weighted by molar-refractivity contribution is 0.149. The molecule has 0 saturated carbocycles. The number of aliphatic hydroxyl groups excluding tert-OH is 1. The molecule has 0 amide bonds. The highest BCUT2D eigenvalue weighted by atomic mass is 35.5. The van der Waals surface area contributed by atoms with Crippen molar-refractivity contribution in [3.8, 4) is 0 Å². The fraction of sp³-hybridized carbons (Fsp3) is 0.375. The Morgan fingerprint density at radius 3 is 2.70 bits per heavy atom. The molecule has 0 radical (unpaired) electrons. The van der Waals surface area contributed by atoms with E-state index >= 15 is 0 Å². The highest BCUT2D eigenvalue weighted by Crippen LogP contribution is 2.24. The predicted octanol–water partition coefficient (Wildman–Crippen LogP) is 4.00. The van der Waals surface area contributed by atoms with Crippen LogP contribution in [0.25, 0.3) is 0 Å². The Hall–Kier alpha value is -0.870. The molecular formula is C16H20ClNOS. The van der Waals surface area contributed by atoms with Crippen LogP contribution in [0.2, 0.25) is 5.02 Å². The zero-order valence-corrected chi connectivity index (χ0v) is 13.2. The van der Waals surface area contributed by atoms with Gasteiger partial charge in [0.2, 0.25) is 0 Å². The van der Waals surface area contributed by atoms with E-state index in [9.17, 15) is 5.11 Å². The molecule has 1 atom stereocenters. The fourth-order valence-corrected chi connectivity index (χ4v) is 3.07. The van der Waals surface area contributed by atoms with E-state index in [0.29, 0.717) is 11.4 Å². The van der Waals surface area contributed by atoms with Crippen LogP contribution < -0.4 is 0 Å². The Labute approximate surface area is 129 Å². The molecule has 0 saturated heterocycles. The van der Waals surface area contributed by atoms with Crippen LogP contribution in [0.3, 0.4) is 0 Å². The van der Waals surface area contributed by atoms with E-state index in [-0.39, 0.29) is 0 Å². The van der Waals surface area contributed by atoms with Gasteiger partial charge in [-0.15, -0.1) is 11.3 Å². The molecule has 1 aromatic heterocycles. The van der Waals surface area contributed by atoms with Crippen LogP contribution >= 0.6 is 22.9 Å². The molecule has 1 aromatic carbocycles. The number of aliphatic hydroxyl groups is 1. The van der Waals surface area contributed by atoms with Crippen LogP contribution in [0, 0.1) is 0 Å². The Kier molecular flexibility index (Phi) is 6.05. The van der Waals surface area contributed by atoms with E-state index in [1.54, 1.807) is 11.3 Å². The van der Waals surface area contributed by atoms with E-state index in [4.69, 9.17) is 11.6 Å². The molecule has 1 N–H and O–H groups in total. The van der Waals surface area contributed by atoms with Gasteiger partial charge in [-0.25, -0.2) is 0 Å². The molecule has 2 rings (SSSR count). The van der Waals surface area contributed by atoms with Gasteiger partial charge in [-0.05, 0) is 43.0 Å². The minimum atomic E-state index is -0.493. The molecule has 108 valence electrons. The smallest absolute Gasteiger partial charge is 0.0816 e. The first-order valence-corrected chi connectivity index (χ1v) is 8.06. The van der Waals surface area contributed by atoms with Crippen molar-refractivity contribution in [2.75, 3.05) is 20.1 Å². The molecule has 0 spiro atoms. The molecule has 4 heteroatoms. The summed E-state index contributed by atoms with van der Waals surface area (Å²) in [6.45, 7) is 1.87. The zero-order valence-electron chi connectivity index (χ0n) is 11.6. The van der Waals surface area contributed by atoms with Crippen molar-refractivity contribution in [2.45, 2.75) is 18.9 Å². The van der Waals surface area contributed by atoms with Gasteiger partial charge >= 0.3 is 0 Å². The fourth-order valence-electron chi connectivity index (χ4n) is 2.11. The maximum Gasteiger partial charge on any atom is 0.0816 e. The number of rotatable bonds is 7. The summed E-state index contributed by atoms with van der Waals surface area (Å²) in [5.74, 6) is 0. The standard InChI is InChI=1S/C16H20ClNOS/c1-18(10-8-13-5-4-12-20-13)11-9-16(19)14-6-2-3-7-15(14)17/h2-7,12,16,19H,8-11H2,1H3. The topological polar surface area (TPSA) is 23.5 Å². The Morgan fingerprint density at radius 2 is 2.00 bits per heavy atom. The van der Waals surface area contributed by atoms with E-state index in [1.165, 1.54) is 4.88 Å². The van der Waals surface area contributed by atoms with Gasteiger partial charge in [0.25, 0.3) is 0 Å². The quantitative estimate of drug-likeness (QED) is 0.835. The summed E-state index contributed by atoms with van der Waals surface area (Å²) in [5, 5.41) is 12.9. The van der Waals surface area contributed by atoms with Crippen LogP contribution in [0.5, 0.6) is 0 Å². The van der Waals surface area contributed by atoms with Crippen LogP contribution in [0.15, 0.2) is 41.8 Å². The molecular weight excluding hydrogens is 290 g/mol. The lowest BCUT2D eigenvalue weighted by Crippen LogP contribution is -2.23. The lowest BCUT2D eigenvalue weighted by atomic mass is 10.1. The van der Waals surface area contributed by atoms with Crippen LogP contribution in [-0.4, -0.2) is 30.1 Å². The molecule has 2 nitrogen and oxygen atoms in total. The van der Waals surface area contributed by atoms with E-state index in [2.05, 4.69) is 29.5 Å². The summed E-state index contributed by atoms with van der Waals surface area (Å²) in [4.78, 5) is 3.66. The largest absolute Gasteiger partial charge is 0.388 e. The minimum absolute atomic E-state index is 0.493. The molecule has 1 heterocycles. The number of nitrogens with zero attached hydrogens (tertiary/aromatic N) is 1. The summed E-state index contributed by atoms with van der Waals surface area (Å²) < 4.78 is 0. The SMILES string of the molecule is CN(CCc1cccs1)CCC(O)c1ccccc1Cl. The Morgan fingerprint density at radius 1 is 1.20 bits per heavy atom. The summed E-state index contributed by atoms with van der Waals surface area (Å²) in [6, 6.07) is 11.7. The zero-order chi connectivity index (χ0) is 14.4. The number of halogens is 1. The van der Waals surface area contributed by atoms with Gasteiger partial charge in [0, 0.05) is 23.0 Å². The number of benzene rings is 1. The van der Waals surface area contributed by atoms with Crippen LogP contribution in [0.4, 0.5) is 0 Å². The van der Waals surface area contributed by atoms with E-state index in [1.807, 2.05) is 24.3 Å². The monoisotopic (exact) mass is 309 g/mol. The van der Waals surface area contributed by atoms with Crippen molar-refractivity contribution in [2.24, 2.45) is 0 Å². The number of hydrogen-bond donors (Lipinski definition) is 1. The third kappa shape index (κ3) is 4.60. The second-order valence-electron chi connectivity index (χ2n) is 4.96.